The van der Waals surface area contributed by atoms with Gasteiger partial charge < -0.3 is 18.9 Å². The molecule has 1 aliphatic carbocycles. The zero-order valence-corrected chi connectivity index (χ0v) is 16.9. The normalized spacial score (nSPS) is 25.3. The zero-order chi connectivity index (χ0) is 19.6. The Bertz CT molecular complexity index is 878. The van der Waals surface area contributed by atoms with Crippen LogP contribution in [0, 0.1) is 6.92 Å². The maximum Gasteiger partial charge on any atom is 0.119 e. The number of hydrogen-bond donors (Lipinski definition) is 0. The van der Waals surface area contributed by atoms with E-state index in [0.717, 1.165) is 37.6 Å². The maximum atomic E-state index is 5.81. The molecule has 0 saturated carbocycles. The second kappa shape index (κ2) is 8.21. The summed E-state index contributed by atoms with van der Waals surface area (Å²) in [6, 6.07) is 15.1. The quantitative estimate of drug-likeness (QED) is 0.599. The molecule has 2 heterocycles. The zero-order valence-electron chi connectivity index (χ0n) is 16.9. The van der Waals surface area contributed by atoms with Crippen molar-refractivity contribution < 1.29 is 18.9 Å². The topological polar surface area (TPSA) is 43.5 Å². The standard InChI is InChI=1S/C25H28O4/c1-17-12-22(27-14-24-16-29-24)10-11-25(17)20-4-2-18(3-5-20)19-6-8-21(9-7-19)26-13-23-15-28-23/h4,6-12,18,23-24H,2-3,5,13-16H2,1H3. The van der Waals surface area contributed by atoms with Crippen LogP contribution >= 0.6 is 0 Å². The fourth-order valence-electron chi connectivity index (χ4n) is 4.01. The van der Waals surface area contributed by atoms with Gasteiger partial charge in [-0.2, -0.15) is 0 Å². The number of hydrogen-bond acceptors (Lipinski definition) is 4. The summed E-state index contributed by atoms with van der Waals surface area (Å²) in [5, 5.41) is 0. The van der Waals surface area contributed by atoms with Gasteiger partial charge in [0.15, 0.2) is 0 Å². The van der Waals surface area contributed by atoms with E-state index >= 15 is 0 Å². The molecule has 0 aromatic heterocycles. The molecule has 0 N–H and O–H groups in total. The first-order valence-electron chi connectivity index (χ1n) is 10.6. The third-order valence-corrected chi connectivity index (χ3v) is 5.98. The van der Waals surface area contributed by atoms with Gasteiger partial charge in [0.05, 0.1) is 13.2 Å². The van der Waals surface area contributed by atoms with Gasteiger partial charge >= 0.3 is 0 Å². The monoisotopic (exact) mass is 392 g/mol. The molecule has 0 amide bonds. The molecular weight excluding hydrogens is 364 g/mol. The molecule has 0 spiro atoms. The molecule has 2 aromatic rings. The van der Waals surface area contributed by atoms with E-state index in [0.29, 0.717) is 31.3 Å². The molecule has 4 heteroatoms. The summed E-state index contributed by atoms with van der Waals surface area (Å²) in [6.45, 7) is 5.15. The minimum Gasteiger partial charge on any atom is -0.491 e. The van der Waals surface area contributed by atoms with Crippen LogP contribution in [0.15, 0.2) is 48.5 Å². The van der Waals surface area contributed by atoms with E-state index in [9.17, 15) is 0 Å². The van der Waals surface area contributed by atoms with Crippen LogP contribution in [0.2, 0.25) is 0 Å². The maximum absolute atomic E-state index is 5.81. The van der Waals surface area contributed by atoms with Crippen LogP contribution < -0.4 is 9.47 Å². The summed E-state index contributed by atoms with van der Waals surface area (Å²) in [6.07, 6.45) is 6.39. The molecule has 5 rings (SSSR count). The molecular formula is C25H28O4. The van der Waals surface area contributed by atoms with Crippen LogP contribution in [-0.4, -0.2) is 38.6 Å². The summed E-state index contributed by atoms with van der Waals surface area (Å²) >= 11 is 0. The van der Waals surface area contributed by atoms with Gasteiger partial charge in [0.25, 0.3) is 0 Å². The van der Waals surface area contributed by atoms with Crippen molar-refractivity contribution in [1.29, 1.82) is 0 Å². The highest BCUT2D eigenvalue weighted by molar-refractivity contribution is 5.69. The molecule has 3 aliphatic rings. The van der Waals surface area contributed by atoms with E-state index in [-0.39, 0.29) is 0 Å². The Labute approximate surface area is 172 Å². The molecule has 4 nitrogen and oxygen atoms in total. The van der Waals surface area contributed by atoms with Gasteiger partial charge in [-0.25, -0.2) is 0 Å². The van der Waals surface area contributed by atoms with Crippen molar-refractivity contribution in [1.82, 2.24) is 0 Å². The average molecular weight is 392 g/mol. The van der Waals surface area contributed by atoms with Gasteiger partial charge in [0.1, 0.15) is 36.9 Å². The first-order chi connectivity index (χ1) is 14.2. The van der Waals surface area contributed by atoms with Crippen LogP contribution in [0.1, 0.15) is 41.9 Å². The highest BCUT2D eigenvalue weighted by Gasteiger charge is 2.24. The third kappa shape index (κ3) is 4.82. The summed E-state index contributed by atoms with van der Waals surface area (Å²) in [5.74, 6) is 2.45. The highest BCUT2D eigenvalue weighted by atomic mass is 16.6. The first-order valence-corrected chi connectivity index (χ1v) is 10.6. The van der Waals surface area contributed by atoms with Crippen molar-refractivity contribution in [3.05, 3.63) is 65.2 Å². The molecule has 2 aromatic carbocycles. The average Bonchev–Trinajstić information content (AvgIpc) is 3.67. The predicted octanol–water partition coefficient (Wildman–Crippen LogP) is 4.90. The third-order valence-electron chi connectivity index (χ3n) is 5.98. The van der Waals surface area contributed by atoms with E-state index in [1.54, 1.807) is 0 Å². The van der Waals surface area contributed by atoms with E-state index < -0.39 is 0 Å². The molecule has 0 radical (unpaired) electrons. The second-order valence-electron chi connectivity index (χ2n) is 8.28. The van der Waals surface area contributed by atoms with Crippen molar-refractivity contribution in [2.75, 3.05) is 26.4 Å². The lowest BCUT2D eigenvalue weighted by atomic mass is 9.82. The fourth-order valence-corrected chi connectivity index (χ4v) is 4.01. The van der Waals surface area contributed by atoms with Crippen LogP contribution in [0.4, 0.5) is 0 Å². The van der Waals surface area contributed by atoms with Gasteiger partial charge in [-0.3, -0.25) is 0 Å². The van der Waals surface area contributed by atoms with Gasteiger partial charge in [-0.05, 0) is 78.6 Å². The van der Waals surface area contributed by atoms with Crippen molar-refractivity contribution in [2.45, 2.75) is 44.3 Å². The predicted molar refractivity (Wildman–Crippen MR) is 113 cm³/mol. The molecule has 2 fully saturated rings. The van der Waals surface area contributed by atoms with E-state index in [1.807, 2.05) is 0 Å². The summed E-state index contributed by atoms with van der Waals surface area (Å²) in [7, 11) is 0. The lowest BCUT2D eigenvalue weighted by Gasteiger charge is -2.24. The largest absolute Gasteiger partial charge is 0.491 e. The fraction of sp³-hybridized carbons (Fsp3) is 0.440. The van der Waals surface area contributed by atoms with Crippen molar-refractivity contribution in [3.8, 4) is 11.5 Å². The molecule has 3 unspecified atom stereocenters. The van der Waals surface area contributed by atoms with Gasteiger partial charge in [0.2, 0.25) is 0 Å². The highest BCUT2D eigenvalue weighted by Crippen LogP contribution is 2.38. The van der Waals surface area contributed by atoms with E-state index in [2.05, 4.69) is 55.5 Å². The van der Waals surface area contributed by atoms with Crippen LogP contribution in [0.25, 0.3) is 5.57 Å². The SMILES string of the molecule is Cc1cc(OCC2CO2)ccc1C1=CCC(c2ccc(OCC3CO3)cc2)CC1. The number of epoxide rings is 2. The van der Waals surface area contributed by atoms with E-state index in [4.69, 9.17) is 18.9 Å². The number of ether oxygens (including phenoxy) is 4. The molecule has 2 aliphatic heterocycles. The lowest BCUT2D eigenvalue weighted by molar-refractivity contribution is 0.263. The van der Waals surface area contributed by atoms with Crippen LogP contribution in [-0.2, 0) is 9.47 Å². The van der Waals surface area contributed by atoms with Gasteiger partial charge in [-0.1, -0.05) is 24.3 Å². The number of aryl methyl sites for hydroxylation is 1. The minimum absolute atomic E-state index is 0.292. The summed E-state index contributed by atoms with van der Waals surface area (Å²) in [4.78, 5) is 0. The van der Waals surface area contributed by atoms with Crippen molar-refractivity contribution >= 4 is 5.57 Å². The van der Waals surface area contributed by atoms with Gasteiger partial charge in [0, 0.05) is 0 Å². The number of rotatable bonds is 8. The van der Waals surface area contributed by atoms with Crippen molar-refractivity contribution in [2.24, 2.45) is 0 Å². The summed E-state index contributed by atoms with van der Waals surface area (Å²) in [5.41, 5.74) is 5.49. The molecule has 3 atom stereocenters. The Morgan fingerprint density at radius 3 is 2.14 bits per heavy atom. The van der Waals surface area contributed by atoms with E-state index in [1.165, 1.54) is 28.7 Å². The minimum atomic E-state index is 0.292. The smallest absolute Gasteiger partial charge is 0.119 e. The Kier molecular flexibility index (Phi) is 5.30. The Hall–Kier alpha value is -2.30. The number of allylic oxidation sites excluding steroid dienone is 2. The Morgan fingerprint density at radius 1 is 0.897 bits per heavy atom. The molecule has 152 valence electrons. The molecule has 29 heavy (non-hydrogen) atoms. The Morgan fingerprint density at radius 2 is 1.55 bits per heavy atom. The second-order valence-corrected chi connectivity index (χ2v) is 8.28. The lowest BCUT2D eigenvalue weighted by Crippen LogP contribution is -2.07. The Balaban J connectivity index is 1.19. The number of benzene rings is 2. The molecule has 0 bridgehead atoms. The van der Waals surface area contributed by atoms with Crippen LogP contribution in [0.3, 0.4) is 0 Å². The van der Waals surface area contributed by atoms with Gasteiger partial charge in [-0.15, -0.1) is 0 Å². The first kappa shape index (κ1) is 18.7. The van der Waals surface area contributed by atoms with Crippen molar-refractivity contribution in [3.63, 3.8) is 0 Å². The summed E-state index contributed by atoms with van der Waals surface area (Å²) < 4.78 is 22.0. The van der Waals surface area contributed by atoms with Crippen LogP contribution in [0.5, 0.6) is 11.5 Å². The molecule has 2 saturated heterocycles.